The Kier molecular flexibility index (Phi) is 4.83. The van der Waals surface area contributed by atoms with Crippen LogP contribution >= 0.6 is 0 Å². The van der Waals surface area contributed by atoms with Crippen LogP contribution in [0, 0.1) is 12.8 Å². The third-order valence-electron chi connectivity index (χ3n) is 3.52. The Morgan fingerprint density at radius 2 is 2.13 bits per heavy atom. The summed E-state index contributed by atoms with van der Waals surface area (Å²) < 4.78 is 1.25. The Morgan fingerprint density at radius 3 is 2.74 bits per heavy atom. The summed E-state index contributed by atoms with van der Waals surface area (Å²) in [6.45, 7) is 5.41. The first-order valence-corrected chi connectivity index (χ1v) is 7.37. The average molecular weight is 320 g/mol. The standard InChI is InChI=1S/C15H20N4O4/c1-8(2)6-11(15(22)23)18-13(20)7-10-9(3)17-12-4-5-16-19(12)14(10)21/h4-5,8,11,16H,6-7H2,1-3H3,(H,18,20)(H,22,23)/t11-/m1/s1. The van der Waals surface area contributed by atoms with Crippen LogP contribution in [-0.4, -0.2) is 37.6 Å². The van der Waals surface area contributed by atoms with Crippen molar-refractivity contribution < 1.29 is 14.7 Å². The van der Waals surface area contributed by atoms with E-state index in [-0.39, 0.29) is 23.5 Å². The first kappa shape index (κ1) is 16.7. The molecule has 0 fully saturated rings. The van der Waals surface area contributed by atoms with Crippen molar-refractivity contribution in [1.29, 1.82) is 0 Å². The number of fused-ring (bicyclic) bond motifs is 1. The maximum atomic E-state index is 12.3. The van der Waals surface area contributed by atoms with Gasteiger partial charge in [-0.2, -0.15) is 0 Å². The molecule has 1 atom stereocenters. The summed E-state index contributed by atoms with van der Waals surface area (Å²) in [5.41, 5.74) is 0.819. The van der Waals surface area contributed by atoms with Crippen molar-refractivity contribution in [3.05, 3.63) is 33.9 Å². The van der Waals surface area contributed by atoms with Crippen molar-refractivity contribution in [1.82, 2.24) is 19.9 Å². The number of carboxylic acids is 1. The lowest BCUT2D eigenvalue weighted by Gasteiger charge is -2.16. The molecule has 3 N–H and O–H groups in total. The van der Waals surface area contributed by atoms with Crippen LogP contribution in [0.2, 0.25) is 0 Å². The molecule has 23 heavy (non-hydrogen) atoms. The van der Waals surface area contributed by atoms with E-state index >= 15 is 0 Å². The molecule has 124 valence electrons. The van der Waals surface area contributed by atoms with Gasteiger partial charge < -0.3 is 10.4 Å². The second-order valence-corrected chi connectivity index (χ2v) is 5.90. The number of aromatic amines is 1. The molecule has 0 aliphatic carbocycles. The van der Waals surface area contributed by atoms with Crippen molar-refractivity contribution >= 4 is 17.5 Å². The van der Waals surface area contributed by atoms with E-state index in [2.05, 4.69) is 15.4 Å². The van der Waals surface area contributed by atoms with Crippen molar-refractivity contribution in [3.8, 4) is 0 Å². The number of hydrogen-bond acceptors (Lipinski definition) is 4. The zero-order valence-electron chi connectivity index (χ0n) is 13.3. The third kappa shape index (κ3) is 3.77. The average Bonchev–Trinajstić information content (AvgIpc) is 2.90. The maximum Gasteiger partial charge on any atom is 0.326 e. The van der Waals surface area contributed by atoms with Gasteiger partial charge in [0, 0.05) is 23.5 Å². The smallest absolute Gasteiger partial charge is 0.326 e. The van der Waals surface area contributed by atoms with Gasteiger partial charge in [-0.1, -0.05) is 13.8 Å². The molecule has 0 saturated heterocycles. The fraction of sp³-hybridized carbons (Fsp3) is 0.467. The molecule has 2 rings (SSSR count). The third-order valence-corrected chi connectivity index (χ3v) is 3.52. The molecule has 8 nitrogen and oxygen atoms in total. The number of amides is 1. The molecular weight excluding hydrogens is 300 g/mol. The highest BCUT2D eigenvalue weighted by Crippen LogP contribution is 2.07. The fourth-order valence-corrected chi connectivity index (χ4v) is 2.41. The van der Waals surface area contributed by atoms with Crippen molar-refractivity contribution in [2.24, 2.45) is 5.92 Å². The maximum absolute atomic E-state index is 12.3. The lowest BCUT2D eigenvalue weighted by Crippen LogP contribution is -2.43. The van der Waals surface area contributed by atoms with Crippen LogP contribution in [0.1, 0.15) is 31.5 Å². The predicted molar refractivity (Wildman–Crippen MR) is 83.3 cm³/mol. The van der Waals surface area contributed by atoms with Gasteiger partial charge in [0.05, 0.1) is 6.42 Å². The topological polar surface area (TPSA) is 117 Å². The van der Waals surface area contributed by atoms with E-state index in [1.54, 1.807) is 19.2 Å². The lowest BCUT2D eigenvalue weighted by molar-refractivity contribution is -0.142. The summed E-state index contributed by atoms with van der Waals surface area (Å²) in [5.74, 6) is -1.47. The summed E-state index contributed by atoms with van der Waals surface area (Å²) in [5, 5.41) is 14.4. The molecule has 0 unspecified atom stereocenters. The van der Waals surface area contributed by atoms with Crippen LogP contribution in [0.4, 0.5) is 0 Å². The minimum Gasteiger partial charge on any atom is -0.480 e. The molecule has 2 heterocycles. The van der Waals surface area contributed by atoms with Crippen LogP contribution in [0.3, 0.4) is 0 Å². The minimum atomic E-state index is -1.08. The second-order valence-electron chi connectivity index (χ2n) is 5.90. The van der Waals surface area contributed by atoms with Gasteiger partial charge in [-0.15, -0.1) is 0 Å². The van der Waals surface area contributed by atoms with E-state index in [0.29, 0.717) is 17.8 Å². The molecule has 0 aromatic carbocycles. The van der Waals surface area contributed by atoms with Gasteiger partial charge in [-0.3, -0.25) is 14.7 Å². The molecule has 0 spiro atoms. The van der Waals surface area contributed by atoms with Crippen molar-refractivity contribution in [2.75, 3.05) is 0 Å². The Bertz CT molecular complexity index is 790. The number of hydrogen-bond donors (Lipinski definition) is 3. The summed E-state index contributed by atoms with van der Waals surface area (Å²) in [7, 11) is 0. The van der Waals surface area contributed by atoms with Gasteiger partial charge in [0.2, 0.25) is 5.91 Å². The van der Waals surface area contributed by atoms with Gasteiger partial charge in [-0.05, 0) is 19.3 Å². The normalized spacial score (nSPS) is 12.5. The number of H-pyrrole nitrogens is 1. The molecule has 0 aliphatic heterocycles. The molecule has 0 bridgehead atoms. The monoisotopic (exact) mass is 320 g/mol. The van der Waals surface area contributed by atoms with E-state index in [4.69, 9.17) is 5.11 Å². The second kappa shape index (κ2) is 6.64. The number of aryl methyl sites for hydroxylation is 1. The summed E-state index contributed by atoms with van der Waals surface area (Å²) >= 11 is 0. The van der Waals surface area contributed by atoms with E-state index in [9.17, 15) is 14.4 Å². The molecule has 0 aliphatic rings. The molecule has 2 aromatic rings. The predicted octanol–water partition coefficient (Wildman–Crippen LogP) is 0.489. The Morgan fingerprint density at radius 1 is 1.43 bits per heavy atom. The van der Waals surface area contributed by atoms with E-state index in [0.717, 1.165) is 0 Å². The van der Waals surface area contributed by atoms with Gasteiger partial charge >= 0.3 is 5.97 Å². The number of rotatable bonds is 6. The highest BCUT2D eigenvalue weighted by atomic mass is 16.4. The van der Waals surface area contributed by atoms with Gasteiger partial charge in [0.15, 0.2) is 5.65 Å². The Balaban J connectivity index is 2.20. The van der Waals surface area contributed by atoms with E-state index < -0.39 is 17.9 Å². The number of carbonyl (C=O) groups is 2. The van der Waals surface area contributed by atoms with Crippen molar-refractivity contribution in [2.45, 2.75) is 39.7 Å². The van der Waals surface area contributed by atoms with E-state index in [1.165, 1.54) is 4.52 Å². The molecule has 0 radical (unpaired) electrons. The zero-order chi connectivity index (χ0) is 17.1. The molecule has 2 aromatic heterocycles. The van der Waals surface area contributed by atoms with Crippen LogP contribution in [0.25, 0.3) is 5.65 Å². The van der Waals surface area contributed by atoms with Gasteiger partial charge in [0.25, 0.3) is 5.56 Å². The highest BCUT2D eigenvalue weighted by molar-refractivity contribution is 5.84. The van der Waals surface area contributed by atoms with Crippen LogP contribution in [0.5, 0.6) is 0 Å². The molecule has 8 heteroatoms. The van der Waals surface area contributed by atoms with Gasteiger partial charge in [-0.25, -0.2) is 14.3 Å². The quantitative estimate of drug-likeness (QED) is 0.716. The van der Waals surface area contributed by atoms with Crippen LogP contribution in [0.15, 0.2) is 17.1 Å². The number of carboxylic acid groups (broad SMARTS) is 1. The molecule has 1 amide bonds. The number of nitrogens with zero attached hydrogens (tertiary/aromatic N) is 2. The number of nitrogens with one attached hydrogen (secondary N) is 2. The SMILES string of the molecule is Cc1nc2cc[nH]n2c(=O)c1CC(=O)N[C@H](CC(C)C)C(=O)O. The fourth-order valence-electron chi connectivity index (χ4n) is 2.41. The first-order valence-electron chi connectivity index (χ1n) is 7.37. The highest BCUT2D eigenvalue weighted by Gasteiger charge is 2.22. The van der Waals surface area contributed by atoms with Crippen molar-refractivity contribution in [3.63, 3.8) is 0 Å². The lowest BCUT2D eigenvalue weighted by atomic mass is 10.0. The number of aromatic nitrogens is 3. The molecular formula is C15H20N4O4. The largest absolute Gasteiger partial charge is 0.480 e. The first-order chi connectivity index (χ1) is 10.8. The molecule has 0 saturated carbocycles. The number of aliphatic carboxylic acids is 1. The summed E-state index contributed by atoms with van der Waals surface area (Å²) in [6.07, 6.45) is 1.70. The van der Waals surface area contributed by atoms with E-state index in [1.807, 2.05) is 13.8 Å². The van der Waals surface area contributed by atoms with Crippen LogP contribution < -0.4 is 10.9 Å². The Hall–Kier alpha value is -2.64. The van der Waals surface area contributed by atoms with Crippen LogP contribution in [-0.2, 0) is 16.0 Å². The Labute approximate surface area is 132 Å². The zero-order valence-corrected chi connectivity index (χ0v) is 13.3. The van der Waals surface area contributed by atoms with Gasteiger partial charge in [0.1, 0.15) is 6.04 Å². The summed E-state index contributed by atoms with van der Waals surface area (Å²) in [4.78, 5) is 39.9. The number of carbonyl (C=O) groups excluding carboxylic acids is 1. The minimum absolute atomic E-state index is 0.126. The summed E-state index contributed by atoms with van der Waals surface area (Å²) in [6, 6.07) is 0.689.